The van der Waals surface area contributed by atoms with Crippen LogP contribution in [0.4, 0.5) is 4.39 Å². The van der Waals surface area contributed by atoms with E-state index in [-0.39, 0.29) is 11.2 Å². The maximum atomic E-state index is 13.1. The van der Waals surface area contributed by atoms with Gasteiger partial charge in [-0.1, -0.05) is 140 Å². The van der Waals surface area contributed by atoms with Crippen molar-refractivity contribution in [3.8, 4) is 0 Å². The number of aryl methyl sites for hydroxylation is 1. The third-order valence-electron chi connectivity index (χ3n) is 8.46. The SMILES string of the molecule is Fc1ccc(CCC/C=C\c2ccc(C3CC3C(c3ccccc3)(c3ccccc3)c3ccccc3)cc2)cc1. The Kier molecular flexibility index (Phi) is 7.73. The molecule has 0 aliphatic heterocycles. The van der Waals surface area contributed by atoms with Gasteiger partial charge in [0.2, 0.25) is 0 Å². The Morgan fingerprint density at radius 1 is 0.625 bits per heavy atom. The molecule has 1 aliphatic carbocycles. The fourth-order valence-corrected chi connectivity index (χ4v) is 6.44. The van der Waals surface area contributed by atoms with Crippen LogP contribution in [0.25, 0.3) is 6.08 Å². The van der Waals surface area contributed by atoms with Gasteiger partial charge in [-0.3, -0.25) is 0 Å². The molecule has 0 amide bonds. The van der Waals surface area contributed by atoms with Crippen LogP contribution in [0.1, 0.15) is 58.6 Å². The summed E-state index contributed by atoms with van der Waals surface area (Å²) in [4.78, 5) is 0. The third kappa shape index (κ3) is 5.42. The molecule has 0 saturated heterocycles. The van der Waals surface area contributed by atoms with E-state index in [0.29, 0.717) is 11.8 Å². The van der Waals surface area contributed by atoms with Crippen molar-refractivity contribution in [2.45, 2.75) is 37.0 Å². The van der Waals surface area contributed by atoms with Crippen molar-refractivity contribution in [2.75, 3.05) is 0 Å². The maximum absolute atomic E-state index is 13.1. The van der Waals surface area contributed by atoms with Gasteiger partial charge in [-0.2, -0.15) is 0 Å². The summed E-state index contributed by atoms with van der Waals surface area (Å²) in [5, 5.41) is 0. The Balaban J connectivity index is 1.21. The van der Waals surface area contributed by atoms with Gasteiger partial charge in [0.15, 0.2) is 0 Å². The fraction of sp³-hybridized carbons (Fsp3) is 0.179. The Hall–Kier alpha value is -4.23. The van der Waals surface area contributed by atoms with E-state index in [1.165, 1.54) is 33.4 Å². The summed E-state index contributed by atoms with van der Waals surface area (Å²) in [5.41, 5.74) is 7.74. The van der Waals surface area contributed by atoms with Crippen LogP contribution in [-0.2, 0) is 11.8 Å². The lowest BCUT2D eigenvalue weighted by molar-refractivity contribution is 0.522. The lowest BCUT2D eigenvalue weighted by Crippen LogP contribution is -2.32. The highest BCUT2D eigenvalue weighted by molar-refractivity contribution is 5.55. The van der Waals surface area contributed by atoms with Crippen LogP contribution in [0, 0.1) is 11.7 Å². The monoisotopic (exact) mass is 522 g/mol. The summed E-state index contributed by atoms with van der Waals surface area (Å²) in [7, 11) is 0. The summed E-state index contributed by atoms with van der Waals surface area (Å²) >= 11 is 0. The highest BCUT2D eigenvalue weighted by Gasteiger charge is 2.55. The first-order valence-corrected chi connectivity index (χ1v) is 14.4. The molecule has 0 nitrogen and oxygen atoms in total. The highest BCUT2D eigenvalue weighted by Crippen LogP contribution is 2.62. The molecule has 1 fully saturated rings. The second kappa shape index (κ2) is 11.9. The summed E-state index contributed by atoms with van der Waals surface area (Å²) in [6, 6.07) is 49.2. The van der Waals surface area contributed by atoms with Crippen molar-refractivity contribution in [2.24, 2.45) is 5.92 Å². The topological polar surface area (TPSA) is 0 Å². The van der Waals surface area contributed by atoms with Gasteiger partial charge in [0.05, 0.1) is 0 Å². The van der Waals surface area contributed by atoms with E-state index >= 15 is 0 Å². The number of hydrogen-bond acceptors (Lipinski definition) is 0. The molecule has 1 heteroatoms. The molecule has 198 valence electrons. The fourth-order valence-electron chi connectivity index (χ4n) is 6.44. The molecule has 0 radical (unpaired) electrons. The number of halogens is 1. The zero-order valence-corrected chi connectivity index (χ0v) is 22.8. The predicted molar refractivity (Wildman–Crippen MR) is 165 cm³/mol. The van der Waals surface area contributed by atoms with Gasteiger partial charge in [0, 0.05) is 5.41 Å². The van der Waals surface area contributed by atoms with Crippen LogP contribution >= 0.6 is 0 Å². The summed E-state index contributed by atoms with van der Waals surface area (Å²) in [6.07, 6.45) is 8.68. The van der Waals surface area contributed by atoms with Crippen LogP contribution in [0.5, 0.6) is 0 Å². The van der Waals surface area contributed by atoms with E-state index in [9.17, 15) is 4.39 Å². The first-order chi connectivity index (χ1) is 19.7. The molecular formula is C39H35F. The molecule has 40 heavy (non-hydrogen) atoms. The van der Waals surface area contributed by atoms with Crippen LogP contribution in [0.3, 0.4) is 0 Å². The molecule has 0 heterocycles. The zero-order chi connectivity index (χ0) is 27.2. The van der Waals surface area contributed by atoms with Crippen LogP contribution in [-0.4, -0.2) is 0 Å². The van der Waals surface area contributed by atoms with E-state index in [4.69, 9.17) is 0 Å². The van der Waals surface area contributed by atoms with Gasteiger partial charge in [0.1, 0.15) is 5.82 Å². The van der Waals surface area contributed by atoms with Crippen molar-refractivity contribution in [3.63, 3.8) is 0 Å². The summed E-state index contributed by atoms with van der Waals surface area (Å²) in [6.45, 7) is 0. The molecular weight excluding hydrogens is 487 g/mol. The minimum Gasteiger partial charge on any atom is -0.207 e. The first kappa shape index (κ1) is 26.0. The average molecular weight is 523 g/mol. The van der Waals surface area contributed by atoms with Gasteiger partial charge >= 0.3 is 0 Å². The lowest BCUT2D eigenvalue weighted by atomic mass is 9.65. The molecule has 1 saturated carbocycles. The van der Waals surface area contributed by atoms with Crippen molar-refractivity contribution in [1.82, 2.24) is 0 Å². The average Bonchev–Trinajstić information content (AvgIpc) is 3.82. The van der Waals surface area contributed by atoms with Gasteiger partial charge < -0.3 is 0 Å². The highest BCUT2D eigenvalue weighted by atomic mass is 19.1. The maximum Gasteiger partial charge on any atom is 0.123 e. The molecule has 2 atom stereocenters. The second-order valence-electron chi connectivity index (χ2n) is 10.9. The molecule has 0 spiro atoms. The Labute approximate surface area is 237 Å². The van der Waals surface area contributed by atoms with Crippen LogP contribution < -0.4 is 0 Å². The van der Waals surface area contributed by atoms with E-state index in [1.54, 1.807) is 12.1 Å². The molecule has 0 bridgehead atoms. The van der Waals surface area contributed by atoms with Crippen molar-refractivity contribution >= 4 is 6.08 Å². The largest absolute Gasteiger partial charge is 0.207 e. The Bertz CT molecular complexity index is 1420. The van der Waals surface area contributed by atoms with E-state index < -0.39 is 0 Å². The standard InChI is InChI=1S/C39H35F/c40-36-27-23-31(24-28-36)14-6-1-5-13-30-21-25-32(26-22-30)37-29-38(37)39(33-15-7-2-8-16-33,34-17-9-3-10-18-34)35-19-11-4-12-20-35/h2-5,7-13,15-28,37-38H,1,6,14,29H2/b13-5-. The molecule has 5 aromatic rings. The molecule has 1 aliphatic rings. The molecule has 5 aromatic carbocycles. The normalized spacial score (nSPS) is 16.7. The van der Waals surface area contributed by atoms with Crippen molar-refractivity contribution in [3.05, 3.63) is 185 Å². The van der Waals surface area contributed by atoms with E-state index in [2.05, 4.69) is 127 Å². The first-order valence-electron chi connectivity index (χ1n) is 14.4. The minimum absolute atomic E-state index is 0.171. The zero-order valence-electron chi connectivity index (χ0n) is 22.8. The number of benzene rings is 5. The smallest absolute Gasteiger partial charge is 0.123 e. The minimum atomic E-state index is -0.197. The third-order valence-corrected chi connectivity index (χ3v) is 8.46. The van der Waals surface area contributed by atoms with Crippen LogP contribution in [0.15, 0.2) is 146 Å². The predicted octanol–water partition coefficient (Wildman–Crippen LogP) is 10.00. The molecule has 0 aromatic heterocycles. The molecule has 6 rings (SSSR count). The lowest BCUT2D eigenvalue weighted by Gasteiger charge is -2.37. The number of unbranched alkanes of at least 4 members (excludes halogenated alkanes) is 1. The van der Waals surface area contributed by atoms with E-state index in [1.807, 2.05) is 12.1 Å². The van der Waals surface area contributed by atoms with Gasteiger partial charge in [-0.05, 0) is 83.0 Å². The van der Waals surface area contributed by atoms with Gasteiger partial charge in [-0.15, -0.1) is 0 Å². The van der Waals surface area contributed by atoms with Crippen molar-refractivity contribution < 1.29 is 4.39 Å². The second-order valence-corrected chi connectivity index (χ2v) is 10.9. The quantitative estimate of drug-likeness (QED) is 0.126. The van der Waals surface area contributed by atoms with Crippen LogP contribution in [0.2, 0.25) is 0 Å². The Morgan fingerprint density at radius 3 is 1.68 bits per heavy atom. The summed E-state index contributed by atoms with van der Waals surface area (Å²) < 4.78 is 13.1. The summed E-state index contributed by atoms with van der Waals surface area (Å²) in [5.74, 6) is 0.817. The van der Waals surface area contributed by atoms with Gasteiger partial charge in [-0.25, -0.2) is 4.39 Å². The van der Waals surface area contributed by atoms with Crippen molar-refractivity contribution in [1.29, 1.82) is 0 Å². The van der Waals surface area contributed by atoms with Gasteiger partial charge in [0.25, 0.3) is 0 Å². The number of hydrogen-bond donors (Lipinski definition) is 0. The molecule has 0 N–H and O–H groups in total. The number of rotatable bonds is 10. The Morgan fingerprint density at radius 2 is 1.15 bits per heavy atom. The number of allylic oxidation sites excluding steroid dienone is 1. The molecule has 2 unspecified atom stereocenters. The van der Waals surface area contributed by atoms with E-state index in [0.717, 1.165) is 25.7 Å².